The normalized spacial score (nSPS) is 10.0. The molecule has 62 valence electrons. The predicted molar refractivity (Wildman–Crippen MR) is 39.8 cm³/mol. The number of rotatable bonds is 2. The van der Waals surface area contributed by atoms with E-state index in [0.717, 1.165) is 0 Å². The van der Waals surface area contributed by atoms with E-state index in [4.69, 9.17) is 5.26 Å². The van der Waals surface area contributed by atoms with Crippen LogP contribution in [0.15, 0.2) is 0 Å². The van der Waals surface area contributed by atoms with Gasteiger partial charge in [-0.3, -0.25) is 0 Å². The van der Waals surface area contributed by atoms with Crippen LogP contribution in [0, 0.1) is 16.7 Å². The van der Waals surface area contributed by atoms with E-state index in [0.29, 0.717) is 0 Å². The molecule has 0 radical (unpaired) electrons. The van der Waals surface area contributed by atoms with Crippen molar-refractivity contribution in [3.8, 4) is 6.07 Å². The van der Waals surface area contributed by atoms with E-state index in [2.05, 4.69) is 10.1 Å². The number of nitrogens with zero attached hydrogens (tertiary/aromatic N) is 1. The lowest BCUT2D eigenvalue weighted by molar-refractivity contribution is 0.120. The second kappa shape index (κ2) is 3.81. The number of ether oxygens (including phenoxy) is 1. The Balaban J connectivity index is 3.72. The average molecular weight is 156 g/mol. The second-order valence-electron chi connectivity index (χ2n) is 2.82. The molecule has 1 amide bonds. The molecule has 1 N–H and O–H groups in total. The summed E-state index contributed by atoms with van der Waals surface area (Å²) in [6, 6.07) is 2.02. The van der Waals surface area contributed by atoms with E-state index in [9.17, 15) is 4.79 Å². The van der Waals surface area contributed by atoms with Gasteiger partial charge in [0.2, 0.25) is 0 Å². The van der Waals surface area contributed by atoms with Gasteiger partial charge in [0.25, 0.3) is 0 Å². The minimum Gasteiger partial charge on any atom is -0.448 e. The Hall–Kier alpha value is -1.24. The predicted octanol–water partition coefficient (Wildman–Crippen LogP) is 0.892. The first-order valence-electron chi connectivity index (χ1n) is 3.27. The van der Waals surface area contributed by atoms with Crippen LogP contribution in [0.25, 0.3) is 0 Å². The fraction of sp³-hybridized carbons (Fsp3) is 0.714. The van der Waals surface area contributed by atoms with Crippen molar-refractivity contribution in [1.82, 2.24) is 5.32 Å². The van der Waals surface area contributed by atoms with Crippen molar-refractivity contribution in [1.29, 1.82) is 5.26 Å². The lowest BCUT2D eigenvalue weighted by Crippen LogP contribution is -2.25. The van der Waals surface area contributed by atoms with Crippen LogP contribution in [0.5, 0.6) is 0 Å². The lowest BCUT2D eigenvalue weighted by atomic mass is 9.98. The van der Waals surface area contributed by atoms with Gasteiger partial charge in [-0.1, -0.05) is 0 Å². The van der Waals surface area contributed by atoms with Crippen LogP contribution in [0.4, 0.5) is 4.79 Å². The van der Waals surface area contributed by atoms with Crippen molar-refractivity contribution >= 4 is 6.09 Å². The summed E-state index contributed by atoms with van der Waals surface area (Å²) < 4.78 is 4.67. The van der Waals surface area contributed by atoms with Gasteiger partial charge in [0, 0.05) is 7.05 Å². The Labute approximate surface area is 66.1 Å². The highest BCUT2D eigenvalue weighted by Crippen LogP contribution is 2.12. The Morgan fingerprint density at radius 2 is 2.27 bits per heavy atom. The number of carbonyl (C=O) groups is 1. The molecule has 0 saturated carbocycles. The Kier molecular flexibility index (Phi) is 3.38. The van der Waals surface area contributed by atoms with Crippen molar-refractivity contribution in [2.45, 2.75) is 13.8 Å². The largest absolute Gasteiger partial charge is 0.448 e. The smallest absolute Gasteiger partial charge is 0.406 e. The highest BCUT2D eigenvalue weighted by Gasteiger charge is 2.18. The van der Waals surface area contributed by atoms with Crippen molar-refractivity contribution in [3.63, 3.8) is 0 Å². The number of alkyl carbamates (subject to hydrolysis) is 1. The zero-order valence-electron chi connectivity index (χ0n) is 6.97. The van der Waals surface area contributed by atoms with Crippen LogP contribution in [0.1, 0.15) is 13.8 Å². The van der Waals surface area contributed by atoms with Gasteiger partial charge in [0.1, 0.15) is 6.61 Å². The molecule has 0 aromatic rings. The number of hydrogen-bond acceptors (Lipinski definition) is 3. The summed E-state index contributed by atoms with van der Waals surface area (Å²) in [6.07, 6.45) is -0.506. The molecular formula is C7H12N2O2. The number of hydrogen-bond donors (Lipinski definition) is 1. The summed E-state index contributed by atoms with van der Waals surface area (Å²) in [5.74, 6) is 0. The highest BCUT2D eigenvalue weighted by molar-refractivity contribution is 5.66. The molecule has 0 bridgehead atoms. The van der Waals surface area contributed by atoms with Gasteiger partial charge in [-0.2, -0.15) is 5.26 Å². The van der Waals surface area contributed by atoms with Crippen molar-refractivity contribution < 1.29 is 9.53 Å². The average Bonchev–Trinajstić information content (AvgIpc) is 2.00. The van der Waals surface area contributed by atoms with E-state index in [1.165, 1.54) is 7.05 Å². The summed E-state index contributed by atoms with van der Waals surface area (Å²) in [5.41, 5.74) is -0.605. The third-order valence-corrected chi connectivity index (χ3v) is 1.07. The third-order valence-electron chi connectivity index (χ3n) is 1.07. The van der Waals surface area contributed by atoms with Crippen LogP contribution >= 0.6 is 0 Å². The van der Waals surface area contributed by atoms with Crippen LogP contribution in [0.2, 0.25) is 0 Å². The molecule has 0 spiro atoms. The van der Waals surface area contributed by atoms with Gasteiger partial charge >= 0.3 is 6.09 Å². The fourth-order valence-corrected chi connectivity index (χ4v) is 0.350. The summed E-state index contributed by atoms with van der Waals surface area (Å²) in [4.78, 5) is 10.5. The molecule has 0 fully saturated rings. The zero-order valence-corrected chi connectivity index (χ0v) is 6.97. The fourth-order valence-electron chi connectivity index (χ4n) is 0.350. The number of nitriles is 1. The Bertz CT molecular complexity index is 181. The van der Waals surface area contributed by atoms with Crippen LogP contribution in [0.3, 0.4) is 0 Å². The van der Waals surface area contributed by atoms with Crippen molar-refractivity contribution in [3.05, 3.63) is 0 Å². The maximum absolute atomic E-state index is 10.5. The van der Waals surface area contributed by atoms with Gasteiger partial charge in [0.05, 0.1) is 11.5 Å². The maximum atomic E-state index is 10.5. The Morgan fingerprint density at radius 3 is 2.64 bits per heavy atom. The van der Waals surface area contributed by atoms with E-state index in [1.54, 1.807) is 13.8 Å². The first-order valence-corrected chi connectivity index (χ1v) is 3.27. The Morgan fingerprint density at radius 1 is 1.73 bits per heavy atom. The number of carbonyl (C=O) groups excluding carboxylic acids is 1. The summed E-state index contributed by atoms with van der Waals surface area (Å²) >= 11 is 0. The summed E-state index contributed by atoms with van der Waals surface area (Å²) in [7, 11) is 1.47. The van der Waals surface area contributed by atoms with Gasteiger partial charge < -0.3 is 10.1 Å². The quantitative estimate of drug-likeness (QED) is 0.645. The van der Waals surface area contributed by atoms with Gasteiger partial charge in [0.15, 0.2) is 0 Å². The van der Waals surface area contributed by atoms with E-state index < -0.39 is 11.5 Å². The van der Waals surface area contributed by atoms with Crippen LogP contribution < -0.4 is 5.32 Å². The molecule has 0 saturated heterocycles. The maximum Gasteiger partial charge on any atom is 0.406 e. The van der Waals surface area contributed by atoms with Gasteiger partial charge in [-0.05, 0) is 13.8 Å². The molecule has 4 nitrogen and oxygen atoms in total. The van der Waals surface area contributed by atoms with E-state index >= 15 is 0 Å². The standard InChI is InChI=1S/C7H12N2O2/c1-7(2,4-8)5-11-6(10)9-3/h5H2,1-3H3,(H,9,10). The molecule has 0 aliphatic rings. The molecular weight excluding hydrogens is 144 g/mol. The highest BCUT2D eigenvalue weighted by atomic mass is 16.5. The molecule has 0 heterocycles. The molecule has 0 aliphatic carbocycles. The number of nitrogens with one attached hydrogen (secondary N) is 1. The molecule has 0 aromatic carbocycles. The molecule has 0 atom stereocenters. The summed E-state index contributed by atoms with van der Waals surface area (Å²) in [6.45, 7) is 3.52. The first-order chi connectivity index (χ1) is 5.02. The molecule has 0 aliphatic heterocycles. The minimum atomic E-state index is -0.605. The molecule has 0 aromatic heterocycles. The summed E-state index contributed by atoms with van der Waals surface area (Å²) in [5, 5.41) is 10.8. The zero-order chi connectivity index (χ0) is 8.91. The topological polar surface area (TPSA) is 62.1 Å². The van der Waals surface area contributed by atoms with Crippen molar-refractivity contribution in [2.75, 3.05) is 13.7 Å². The third kappa shape index (κ3) is 4.20. The monoisotopic (exact) mass is 156 g/mol. The van der Waals surface area contributed by atoms with Gasteiger partial charge in [-0.15, -0.1) is 0 Å². The lowest BCUT2D eigenvalue weighted by Gasteiger charge is -2.14. The minimum absolute atomic E-state index is 0.114. The van der Waals surface area contributed by atoms with E-state index in [1.807, 2.05) is 6.07 Å². The van der Waals surface area contributed by atoms with Crippen LogP contribution in [-0.2, 0) is 4.74 Å². The van der Waals surface area contributed by atoms with Crippen molar-refractivity contribution in [2.24, 2.45) is 5.41 Å². The van der Waals surface area contributed by atoms with Gasteiger partial charge in [-0.25, -0.2) is 4.79 Å². The molecule has 11 heavy (non-hydrogen) atoms. The van der Waals surface area contributed by atoms with E-state index in [-0.39, 0.29) is 6.61 Å². The molecule has 0 rings (SSSR count). The van der Waals surface area contributed by atoms with Crippen LogP contribution in [-0.4, -0.2) is 19.7 Å². The first kappa shape index (κ1) is 9.76. The molecule has 4 heteroatoms. The SMILES string of the molecule is CNC(=O)OCC(C)(C)C#N. The molecule has 0 unspecified atom stereocenters. The second-order valence-corrected chi connectivity index (χ2v) is 2.82. The number of amides is 1.